The van der Waals surface area contributed by atoms with Crippen LogP contribution in [-0.2, 0) is 10.0 Å². The number of nitrogens with zero attached hydrogens (tertiary/aromatic N) is 3. The average Bonchev–Trinajstić information content (AvgIpc) is 2.63. The van der Waals surface area contributed by atoms with Crippen molar-refractivity contribution < 1.29 is 8.42 Å². The molecule has 0 unspecified atom stereocenters. The molecule has 0 bridgehead atoms. The Bertz CT molecular complexity index is 634. The fourth-order valence-electron chi connectivity index (χ4n) is 1.50. The average molecular weight is 255 g/mol. The lowest BCUT2D eigenvalue weighted by molar-refractivity contribution is 0.598. The predicted molar refractivity (Wildman–Crippen MR) is 64.2 cm³/mol. The van der Waals surface area contributed by atoms with Crippen LogP contribution >= 0.6 is 0 Å². The maximum atomic E-state index is 10.8. The second kappa shape index (κ2) is 4.30. The number of hydrogen-bond donors (Lipinski definition) is 2. The van der Waals surface area contributed by atoms with Crippen LogP contribution < -0.4 is 10.5 Å². The van der Waals surface area contributed by atoms with Crippen molar-refractivity contribution in [3.05, 3.63) is 24.0 Å². The normalized spacial score (nSPS) is 11.9. The van der Waals surface area contributed by atoms with Gasteiger partial charge in [-0.1, -0.05) is 0 Å². The molecule has 0 aliphatic heterocycles. The Morgan fingerprint density at radius 1 is 1.47 bits per heavy atom. The summed E-state index contributed by atoms with van der Waals surface area (Å²) in [6.07, 6.45) is 1.44. The molecule has 2 heterocycles. The molecule has 2 aromatic heterocycles. The van der Waals surface area contributed by atoms with Crippen LogP contribution in [0, 0.1) is 6.92 Å². The number of sulfonamides is 1. The lowest BCUT2D eigenvalue weighted by atomic mass is 10.3. The largest absolute Gasteiger partial charge is 0.369 e. The van der Waals surface area contributed by atoms with E-state index in [4.69, 9.17) is 5.14 Å². The SMILES string of the molecule is Cc1cc(NCCS(N)(=O)=O)n2ncnc2c1. The molecule has 92 valence electrons. The van der Waals surface area contributed by atoms with E-state index in [0.717, 1.165) is 5.56 Å². The maximum absolute atomic E-state index is 10.8. The van der Waals surface area contributed by atoms with Crippen LogP contribution in [0.4, 0.5) is 5.82 Å². The van der Waals surface area contributed by atoms with Gasteiger partial charge in [0, 0.05) is 6.54 Å². The summed E-state index contributed by atoms with van der Waals surface area (Å²) < 4.78 is 23.2. The second-order valence-electron chi connectivity index (χ2n) is 3.74. The molecule has 0 spiro atoms. The van der Waals surface area contributed by atoms with Gasteiger partial charge in [-0.05, 0) is 24.6 Å². The van der Waals surface area contributed by atoms with E-state index in [1.54, 1.807) is 4.52 Å². The fraction of sp³-hybridized carbons (Fsp3) is 0.333. The number of hydrogen-bond acceptors (Lipinski definition) is 5. The number of rotatable bonds is 4. The molecular weight excluding hydrogens is 242 g/mol. The topological polar surface area (TPSA) is 102 Å². The van der Waals surface area contributed by atoms with Crippen molar-refractivity contribution in [3.63, 3.8) is 0 Å². The number of anilines is 1. The summed E-state index contributed by atoms with van der Waals surface area (Å²) in [5, 5.41) is 11.9. The Morgan fingerprint density at radius 2 is 2.24 bits per heavy atom. The first-order chi connectivity index (χ1) is 7.96. The van der Waals surface area contributed by atoms with Gasteiger partial charge >= 0.3 is 0 Å². The first kappa shape index (κ1) is 11.8. The van der Waals surface area contributed by atoms with E-state index in [1.807, 2.05) is 19.1 Å². The summed E-state index contributed by atoms with van der Waals surface area (Å²) in [6.45, 7) is 2.16. The summed E-state index contributed by atoms with van der Waals surface area (Å²) in [4.78, 5) is 4.07. The van der Waals surface area contributed by atoms with E-state index in [9.17, 15) is 8.42 Å². The van der Waals surface area contributed by atoms with Crippen molar-refractivity contribution in [2.75, 3.05) is 17.6 Å². The monoisotopic (exact) mass is 255 g/mol. The Hall–Kier alpha value is -1.67. The fourth-order valence-corrected chi connectivity index (χ4v) is 1.89. The van der Waals surface area contributed by atoms with Crippen molar-refractivity contribution in [1.29, 1.82) is 0 Å². The zero-order chi connectivity index (χ0) is 12.5. The molecule has 17 heavy (non-hydrogen) atoms. The Labute approximate surface area is 98.7 Å². The lowest BCUT2D eigenvalue weighted by Gasteiger charge is -2.08. The number of aromatic nitrogens is 3. The van der Waals surface area contributed by atoms with Crippen LogP contribution in [-0.4, -0.2) is 35.3 Å². The molecule has 0 radical (unpaired) electrons. The molecule has 0 fully saturated rings. The van der Waals surface area contributed by atoms with Crippen molar-refractivity contribution >= 4 is 21.5 Å². The minimum absolute atomic E-state index is 0.128. The number of fused-ring (bicyclic) bond motifs is 1. The Morgan fingerprint density at radius 3 is 2.94 bits per heavy atom. The van der Waals surface area contributed by atoms with Crippen LogP contribution in [0.5, 0.6) is 0 Å². The lowest BCUT2D eigenvalue weighted by Crippen LogP contribution is -2.23. The number of nitrogens with one attached hydrogen (secondary N) is 1. The molecular formula is C9H13N5O2S. The van der Waals surface area contributed by atoms with E-state index in [2.05, 4.69) is 15.4 Å². The number of pyridine rings is 1. The highest BCUT2D eigenvalue weighted by Crippen LogP contribution is 2.12. The number of nitrogens with two attached hydrogens (primary N) is 1. The molecule has 0 saturated carbocycles. The van der Waals surface area contributed by atoms with Gasteiger partial charge in [0.2, 0.25) is 10.0 Å². The van der Waals surface area contributed by atoms with Gasteiger partial charge in [0.05, 0.1) is 5.75 Å². The van der Waals surface area contributed by atoms with Crippen LogP contribution in [0.1, 0.15) is 5.56 Å². The van der Waals surface area contributed by atoms with Crippen LogP contribution in [0.2, 0.25) is 0 Å². The molecule has 8 heteroatoms. The molecule has 7 nitrogen and oxygen atoms in total. The summed E-state index contributed by atoms with van der Waals surface area (Å²) in [7, 11) is -3.45. The van der Waals surface area contributed by atoms with Gasteiger partial charge in [-0.15, -0.1) is 0 Å². The zero-order valence-electron chi connectivity index (χ0n) is 9.29. The van der Waals surface area contributed by atoms with Crippen LogP contribution in [0.25, 0.3) is 5.65 Å². The van der Waals surface area contributed by atoms with Gasteiger partial charge in [-0.25, -0.2) is 18.5 Å². The standard InChI is InChI=1S/C9H13N5O2S/c1-7-4-8(11-2-3-17(10,15)16)14-9(5-7)12-6-13-14/h4-6,11H,2-3H2,1H3,(H2,10,15,16). The van der Waals surface area contributed by atoms with Crippen molar-refractivity contribution in [2.45, 2.75) is 6.92 Å². The summed E-state index contributed by atoms with van der Waals surface area (Å²) in [5.41, 5.74) is 1.73. The molecule has 0 amide bonds. The molecule has 0 aliphatic rings. The Kier molecular flexibility index (Phi) is 2.99. The summed E-state index contributed by atoms with van der Waals surface area (Å²) in [5.74, 6) is 0.568. The molecule has 0 aliphatic carbocycles. The molecule has 0 saturated heterocycles. The highest BCUT2D eigenvalue weighted by molar-refractivity contribution is 7.89. The third-order valence-corrected chi connectivity index (χ3v) is 2.99. The first-order valence-electron chi connectivity index (χ1n) is 5.00. The third kappa shape index (κ3) is 2.92. The van der Waals surface area contributed by atoms with E-state index >= 15 is 0 Å². The van der Waals surface area contributed by atoms with Gasteiger partial charge in [0.15, 0.2) is 5.65 Å². The highest BCUT2D eigenvalue weighted by atomic mass is 32.2. The van der Waals surface area contributed by atoms with Gasteiger partial charge in [-0.3, -0.25) is 0 Å². The third-order valence-electron chi connectivity index (χ3n) is 2.22. The second-order valence-corrected chi connectivity index (χ2v) is 5.48. The highest BCUT2D eigenvalue weighted by Gasteiger charge is 2.06. The predicted octanol–water partition coefficient (Wildman–Crippen LogP) is -0.262. The smallest absolute Gasteiger partial charge is 0.210 e. The van der Waals surface area contributed by atoms with Gasteiger partial charge in [-0.2, -0.15) is 9.61 Å². The van der Waals surface area contributed by atoms with E-state index in [1.165, 1.54) is 6.33 Å². The number of primary sulfonamides is 1. The summed E-state index contributed by atoms with van der Waals surface area (Å²) >= 11 is 0. The number of aryl methyl sites for hydroxylation is 1. The Balaban J connectivity index is 2.20. The van der Waals surface area contributed by atoms with E-state index in [0.29, 0.717) is 11.5 Å². The zero-order valence-corrected chi connectivity index (χ0v) is 10.1. The van der Waals surface area contributed by atoms with E-state index in [-0.39, 0.29) is 12.3 Å². The summed E-state index contributed by atoms with van der Waals surface area (Å²) in [6, 6.07) is 3.75. The van der Waals surface area contributed by atoms with Crippen LogP contribution in [0.15, 0.2) is 18.5 Å². The molecule has 3 N–H and O–H groups in total. The quantitative estimate of drug-likeness (QED) is 0.783. The molecule has 0 aromatic carbocycles. The van der Waals surface area contributed by atoms with Crippen molar-refractivity contribution in [3.8, 4) is 0 Å². The van der Waals surface area contributed by atoms with Crippen molar-refractivity contribution in [1.82, 2.24) is 14.6 Å². The minimum Gasteiger partial charge on any atom is -0.369 e. The molecule has 0 atom stereocenters. The first-order valence-corrected chi connectivity index (χ1v) is 6.72. The van der Waals surface area contributed by atoms with Crippen LogP contribution in [0.3, 0.4) is 0 Å². The van der Waals surface area contributed by atoms with Gasteiger partial charge in [0.25, 0.3) is 0 Å². The van der Waals surface area contributed by atoms with Gasteiger partial charge in [0.1, 0.15) is 12.1 Å². The molecule has 2 aromatic rings. The molecule has 2 rings (SSSR count). The van der Waals surface area contributed by atoms with E-state index < -0.39 is 10.0 Å². The van der Waals surface area contributed by atoms with Crippen molar-refractivity contribution in [2.24, 2.45) is 5.14 Å². The minimum atomic E-state index is -3.45. The van der Waals surface area contributed by atoms with Gasteiger partial charge < -0.3 is 5.32 Å². The maximum Gasteiger partial charge on any atom is 0.210 e.